The maximum atomic E-state index is 13.3. The maximum Gasteiger partial charge on any atom is 0.253 e. The number of hydrogen-bond donors (Lipinski definition) is 2. The van der Waals surface area contributed by atoms with Crippen molar-refractivity contribution in [2.45, 2.75) is 45.2 Å². The highest BCUT2D eigenvalue weighted by Gasteiger charge is 2.23. The van der Waals surface area contributed by atoms with Crippen molar-refractivity contribution in [3.8, 4) is 11.1 Å². The van der Waals surface area contributed by atoms with Gasteiger partial charge in [-0.3, -0.25) is 9.59 Å². The summed E-state index contributed by atoms with van der Waals surface area (Å²) in [4.78, 5) is 40.1. The van der Waals surface area contributed by atoms with Crippen LogP contribution in [-0.2, 0) is 4.79 Å². The van der Waals surface area contributed by atoms with Crippen LogP contribution in [0.25, 0.3) is 17.2 Å². The summed E-state index contributed by atoms with van der Waals surface area (Å²) in [5, 5.41) is 6.25. The molecule has 4 rings (SSSR count). The molecule has 2 heterocycles. The number of anilines is 1. The molecule has 0 spiro atoms. The van der Waals surface area contributed by atoms with Gasteiger partial charge in [0.05, 0.1) is 12.7 Å². The number of carbonyl (C=O) groups excluding carboxylic acids is 2. The first-order chi connectivity index (χ1) is 17.5. The van der Waals surface area contributed by atoms with Gasteiger partial charge < -0.3 is 20.9 Å². The Hall–Kier alpha value is -3.52. The van der Waals surface area contributed by atoms with Gasteiger partial charge in [0, 0.05) is 49.4 Å². The predicted octanol–water partition coefficient (Wildman–Crippen LogP) is 4.47. The number of fused-ring (bicyclic) bond motifs is 1. The van der Waals surface area contributed by atoms with E-state index in [2.05, 4.69) is 10.5 Å². The van der Waals surface area contributed by atoms with Gasteiger partial charge in [0.15, 0.2) is 0 Å². The molecule has 0 aliphatic carbocycles. The Morgan fingerprint density at radius 2 is 1.81 bits per heavy atom. The molecule has 1 atom stereocenters. The van der Waals surface area contributed by atoms with E-state index in [1.165, 1.54) is 0 Å². The smallest absolute Gasteiger partial charge is 0.253 e. The van der Waals surface area contributed by atoms with E-state index < -0.39 is 6.17 Å². The third kappa shape index (κ3) is 5.99. The van der Waals surface area contributed by atoms with E-state index in [9.17, 15) is 14.5 Å². The summed E-state index contributed by atoms with van der Waals surface area (Å²) >= 11 is 0. The Balaban J connectivity index is 1.54. The molecule has 0 radical (unpaired) electrons. The van der Waals surface area contributed by atoms with E-state index in [4.69, 9.17) is 5.73 Å². The molecule has 2 aliphatic heterocycles. The Labute approximate surface area is 212 Å². The maximum absolute atomic E-state index is 13.3. The second-order valence-corrected chi connectivity index (χ2v) is 9.50. The van der Waals surface area contributed by atoms with Crippen LogP contribution in [0.1, 0.15) is 54.9 Å². The summed E-state index contributed by atoms with van der Waals surface area (Å²) in [6.45, 7) is 5.02. The quantitative estimate of drug-likeness (QED) is 0.399. The van der Waals surface area contributed by atoms with Crippen LogP contribution in [0.2, 0.25) is 0 Å². The molecule has 2 aliphatic rings. The zero-order valence-corrected chi connectivity index (χ0v) is 20.9. The third-order valence-electron chi connectivity index (χ3n) is 6.76. The summed E-state index contributed by atoms with van der Waals surface area (Å²) in [5.41, 5.74) is 11.5. The predicted molar refractivity (Wildman–Crippen MR) is 143 cm³/mol. The van der Waals surface area contributed by atoms with Gasteiger partial charge in [-0.25, -0.2) is 0 Å². The van der Waals surface area contributed by atoms with Gasteiger partial charge in [-0.1, -0.05) is 36.4 Å². The van der Waals surface area contributed by atoms with Crippen molar-refractivity contribution in [2.24, 2.45) is 10.9 Å². The van der Waals surface area contributed by atoms with Crippen LogP contribution in [0.3, 0.4) is 0 Å². The highest BCUT2D eigenvalue weighted by atomic mass is 16.3. The first-order valence-corrected chi connectivity index (χ1v) is 12.8. The Morgan fingerprint density at radius 1 is 1.08 bits per heavy atom. The zero-order valence-electron chi connectivity index (χ0n) is 20.9. The molecule has 8 heteroatoms. The summed E-state index contributed by atoms with van der Waals surface area (Å²) in [5.74, 6) is 0.0469. The lowest BCUT2D eigenvalue weighted by Gasteiger charge is -2.23. The van der Waals surface area contributed by atoms with E-state index in [1.54, 1.807) is 4.90 Å². The molecule has 1 unspecified atom stereocenters. The number of nitrogens with two attached hydrogens (primary N) is 1. The summed E-state index contributed by atoms with van der Waals surface area (Å²) in [7, 11) is 0. The fourth-order valence-corrected chi connectivity index (χ4v) is 4.89. The molecule has 2 aromatic rings. The SMILES string of the molecule is CCCN(CCCN=O)C(=O)C1=Cc2ccc(-c3ccc(C(=O)N4CCCC4)cc3)cc2NC(N)C1. The lowest BCUT2D eigenvalue weighted by Crippen LogP contribution is -2.37. The minimum atomic E-state index is -0.405. The minimum absolute atomic E-state index is 0.0461. The van der Waals surface area contributed by atoms with Crippen molar-refractivity contribution < 1.29 is 9.59 Å². The normalized spacial score (nSPS) is 17.0. The van der Waals surface area contributed by atoms with Gasteiger partial charge in [-0.05, 0) is 66.6 Å². The molecular formula is C28H35N5O3. The van der Waals surface area contributed by atoms with Crippen molar-refractivity contribution >= 4 is 23.6 Å². The Kier molecular flexibility index (Phi) is 8.48. The molecular weight excluding hydrogens is 454 g/mol. The Morgan fingerprint density at radius 3 is 2.50 bits per heavy atom. The molecule has 2 aromatic carbocycles. The van der Waals surface area contributed by atoms with Crippen LogP contribution >= 0.6 is 0 Å². The number of nitroso groups, excluding NO2 is 1. The highest BCUT2D eigenvalue weighted by Crippen LogP contribution is 2.31. The number of rotatable bonds is 9. The molecule has 0 bridgehead atoms. The van der Waals surface area contributed by atoms with Crippen molar-refractivity contribution in [1.82, 2.24) is 9.80 Å². The zero-order chi connectivity index (χ0) is 25.5. The number of hydrogen-bond acceptors (Lipinski definition) is 6. The molecule has 190 valence electrons. The fraction of sp³-hybridized carbons (Fsp3) is 0.429. The van der Waals surface area contributed by atoms with Gasteiger partial charge in [-0.15, -0.1) is 0 Å². The average molecular weight is 490 g/mol. The van der Waals surface area contributed by atoms with E-state index in [1.807, 2.05) is 60.4 Å². The lowest BCUT2D eigenvalue weighted by molar-refractivity contribution is -0.127. The van der Waals surface area contributed by atoms with E-state index >= 15 is 0 Å². The average Bonchev–Trinajstić information content (AvgIpc) is 3.37. The number of carbonyl (C=O) groups is 2. The molecule has 0 saturated carbocycles. The third-order valence-corrected chi connectivity index (χ3v) is 6.76. The van der Waals surface area contributed by atoms with Crippen LogP contribution in [-0.4, -0.2) is 60.5 Å². The molecule has 1 fully saturated rings. The number of amides is 2. The molecule has 8 nitrogen and oxygen atoms in total. The molecule has 3 N–H and O–H groups in total. The molecule has 36 heavy (non-hydrogen) atoms. The van der Waals surface area contributed by atoms with Crippen molar-refractivity contribution in [3.63, 3.8) is 0 Å². The molecule has 1 saturated heterocycles. The Bertz CT molecular complexity index is 1120. The number of nitrogens with one attached hydrogen (secondary N) is 1. The van der Waals surface area contributed by atoms with Gasteiger partial charge in [0.1, 0.15) is 0 Å². The largest absolute Gasteiger partial charge is 0.369 e. The first kappa shape index (κ1) is 25.6. The van der Waals surface area contributed by atoms with Gasteiger partial charge in [-0.2, -0.15) is 4.91 Å². The molecule has 0 aromatic heterocycles. The lowest BCUT2D eigenvalue weighted by atomic mass is 10.00. The summed E-state index contributed by atoms with van der Waals surface area (Å²) in [6.07, 6.45) is 5.45. The van der Waals surface area contributed by atoms with Crippen LogP contribution in [0.5, 0.6) is 0 Å². The molecule has 2 amide bonds. The van der Waals surface area contributed by atoms with Crippen molar-refractivity contribution in [2.75, 3.05) is 38.0 Å². The minimum Gasteiger partial charge on any atom is -0.369 e. The van der Waals surface area contributed by atoms with E-state index in [0.29, 0.717) is 37.1 Å². The monoisotopic (exact) mass is 489 g/mol. The number of likely N-dealkylation sites (tertiary alicyclic amines) is 1. The fourth-order valence-electron chi connectivity index (χ4n) is 4.89. The van der Waals surface area contributed by atoms with Crippen molar-refractivity contribution in [3.05, 3.63) is 64.1 Å². The van der Waals surface area contributed by atoms with Crippen LogP contribution in [0, 0.1) is 4.91 Å². The van der Waals surface area contributed by atoms with Gasteiger partial charge >= 0.3 is 0 Å². The highest BCUT2D eigenvalue weighted by molar-refractivity contribution is 5.99. The van der Waals surface area contributed by atoms with E-state index in [-0.39, 0.29) is 18.4 Å². The number of benzene rings is 2. The van der Waals surface area contributed by atoms with Crippen LogP contribution in [0.15, 0.2) is 53.2 Å². The van der Waals surface area contributed by atoms with E-state index in [0.717, 1.165) is 54.7 Å². The standard InChI is InChI=1S/C28H35N5O3/c1-2-13-32(16-5-12-30-36)28(35)24-17-23-11-10-22(18-25(23)31-26(29)19-24)20-6-8-21(9-7-20)27(34)33-14-3-4-15-33/h6-11,17-18,26,31H,2-5,12-16,19,29H2,1H3. The van der Waals surface area contributed by atoms with Crippen LogP contribution < -0.4 is 11.1 Å². The second kappa shape index (κ2) is 11.9. The second-order valence-electron chi connectivity index (χ2n) is 9.50. The summed E-state index contributed by atoms with van der Waals surface area (Å²) < 4.78 is 0. The van der Waals surface area contributed by atoms with Crippen molar-refractivity contribution in [1.29, 1.82) is 0 Å². The van der Waals surface area contributed by atoms with Gasteiger partial charge in [0.2, 0.25) is 5.91 Å². The number of nitrogens with zero attached hydrogens (tertiary/aromatic N) is 3. The summed E-state index contributed by atoms with van der Waals surface area (Å²) in [6, 6.07) is 13.8. The van der Waals surface area contributed by atoms with Gasteiger partial charge in [0.25, 0.3) is 5.91 Å². The first-order valence-electron chi connectivity index (χ1n) is 12.8. The topological polar surface area (TPSA) is 108 Å². The van der Waals surface area contributed by atoms with Crippen LogP contribution in [0.4, 0.5) is 5.69 Å².